The quantitative estimate of drug-likeness (QED) is 0.456. The number of benzene rings is 2. The highest BCUT2D eigenvalue weighted by Gasteiger charge is 2.28. The van der Waals surface area contributed by atoms with Gasteiger partial charge in [-0.15, -0.1) is 11.8 Å². The number of hydrogen-bond donors (Lipinski definition) is 4. The summed E-state index contributed by atoms with van der Waals surface area (Å²) >= 11 is 1.20. The van der Waals surface area contributed by atoms with Crippen LogP contribution < -0.4 is 26.0 Å². The van der Waals surface area contributed by atoms with Crippen molar-refractivity contribution in [2.45, 2.75) is 30.9 Å². The van der Waals surface area contributed by atoms with Crippen LogP contribution in [0.1, 0.15) is 18.4 Å². The Balaban J connectivity index is 1.42. The molecule has 2 aromatic rings. The molecule has 8 nitrogen and oxygen atoms in total. The summed E-state index contributed by atoms with van der Waals surface area (Å²) in [7, 11) is 1.58. The first-order valence-electron chi connectivity index (χ1n) is 10.0. The monoisotopic (exact) mass is 460 g/mol. The number of anilines is 1. The molecule has 0 aliphatic carbocycles. The lowest BCUT2D eigenvalue weighted by Crippen LogP contribution is -2.56. The van der Waals surface area contributed by atoms with Crippen molar-refractivity contribution in [1.29, 1.82) is 0 Å². The van der Waals surface area contributed by atoms with E-state index in [0.29, 0.717) is 18.0 Å². The summed E-state index contributed by atoms with van der Waals surface area (Å²) in [5.74, 6) is -0.250. The van der Waals surface area contributed by atoms with E-state index in [0.717, 1.165) is 5.56 Å². The predicted molar refractivity (Wildman–Crippen MR) is 120 cm³/mol. The zero-order chi connectivity index (χ0) is 22.9. The van der Waals surface area contributed by atoms with Gasteiger partial charge in [0.25, 0.3) is 0 Å². The standard InChI is InChI=1S/C22H25FN4O4S/c1-31-18-4-2-3-14(9-18)12-24-19(28)10-17-11-20(29)27-22(26-17)32-13-21(30)25-16-7-5-15(23)6-8-16/h2-9,17,22,26H,10-13H2,1H3,(H,24,28)(H,25,30)(H,27,29). The Labute approximate surface area is 189 Å². The van der Waals surface area contributed by atoms with Crippen molar-refractivity contribution in [2.24, 2.45) is 0 Å². The fourth-order valence-corrected chi connectivity index (χ4v) is 4.03. The molecule has 1 aliphatic rings. The van der Waals surface area contributed by atoms with Gasteiger partial charge < -0.3 is 20.7 Å². The van der Waals surface area contributed by atoms with E-state index in [1.54, 1.807) is 7.11 Å². The van der Waals surface area contributed by atoms with E-state index in [2.05, 4.69) is 21.3 Å². The molecule has 1 saturated heterocycles. The maximum absolute atomic E-state index is 12.9. The molecule has 1 aliphatic heterocycles. The summed E-state index contributed by atoms with van der Waals surface area (Å²) in [5.41, 5.74) is 0.905. The van der Waals surface area contributed by atoms with Gasteiger partial charge in [0, 0.05) is 31.1 Å². The van der Waals surface area contributed by atoms with Gasteiger partial charge in [0.05, 0.1) is 12.9 Å². The normalized spacial score (nSPS) is 17.9. The third-order valence-electron chi connectivity index (χ3n) is 4.68. The van der Waals surface area contributed by atoms with E-state index >= 15 is 0 Å². The topological polar surface area (TPSA) is 109 Å². The Hall–Kier alpha value is -3.11. The lowest BCUT2D eigenvalue weighted by molar-refractivity contribution is -0.125. The number of carbonyl (C=O) groups is 3. The molecule has 0 aromatic heterocycles. The highest BCUT2D eigenvalue weighted by atomic mass is 32.2. The summed E-state index contributed by atoms with van der Waals surface area (Å²) in [6.45, 7) is 0.358. The molecule has 1 fully saturated rings. The molecular weight excluding hydrogens is 435 g/mol. The Morgan fingerprint density at radius 2 is 1.97 bits per heavy atom. The molecule has 170 valence electrons. The molecule has 0 spiro atoms. The lowest BCUT2D eigenvalue weighted by atomic mass is 10.1. The Bertz CT molecular complexity index is 957. The van der Waals surface area contributed by atoms with E-state index in [4.69, 9.17) is 4.74 Å². The molecule has 3 rings (SSSR count). The molecule has 0 saturated carbocycles. The summed E-state index contributed by atoms with van der Waals surface area (Å²) in [4.78, 5) is 36.5. The number of hydrogen-bond acceptors (Lipinski definition) is 6. The first kappa shape index (κ1) is 23.6. The van der Waals surface area contributed by atoms with Gasteiger partial charge in [-0.1, -0.05) is 12.1 Å². The molecule has 4 N–H and O–H groups in total. The van der Waals surface area contributed by atoms with Crippen molar-refractivity contribution >= 4 is 35.2 Å². The van der Waals surface area contributed by atoms with Crippen LogP contribution in [0.25, 0.3) is 0 Å². The predicted octanol–water partition coefficient (Wildman–Crippen LogP) is 1.97. The van der Waals surface area contributed by atoms with Crippen molar-refractivity contribution in [2.75, 3.05) is 18.2 Å². The van der Waals surface area contributed by atoms with Crippen LogP contribution in [0.15, 0.2) is 48.5 Å². The van der Waals surface area contributed by atoms with Crippen LogP contribution in [0.3, 0.4) is 0 Å². The summed E-state index contributed by atoms with van der Waals surface area (Å²) in [6.07, 6.45) is 0.307. The fraction of sp³-hybridized carbons (Fsp3) is 0.318. The van der Waals surface area contributed by atoms with Gasteiger partial charge in [0.1, 0.15) is 17.1 Å². The van der Waals surface area contributed by atoms with Crippen LogP contribution in [0, 0.1) is 5.82 Å². The number of nitrogens with one attached hydrogen (secondary N) is 4. The average molecular weight is 461 g/mol. The maximum atomic E-state index is 12.9. The zero-order valence-electron chi connectivity index (χ0n) is 17.5. The van der Waals surface area contributed by atoms with Crippen LogP contribution in [0.4, 0.5) is 10.1 Å². The van der Waals surface area contributed by atoms with E-state index < -0.39 is 5.50 Å². The Morgan fingerprint density at radius 3 is 2.72 bits per heavy atom. The highest BCUT2D eigenvalue weighted by Crippen LogP contribution is 2.16. The largest absolute Gasteiger partial charge is 0.497 e. The van der Waals surface area contributed by atoms with Crippen molar-refractivity contribution in [1.82, 2.24) is 16.0 Å². The molecular formula is C22H25FN4O4S. The number of amides is 3. The molecule has 2 unspecified atom stereocenters. The van der Waals surface area contributed by atoms with Crippen LogP contribution in [-0.2, 0) is 20.9 Å². The fourth-order valence-electron chi connectivity index (χ4n) is 3.13. The van der Waals surface area contributed by atoms with E-state index in [-0.39, 0.29) is 48.2 Å². The highest BCUT2D eigenvalue weighted by molar-refractivity contribution is 8.00. The molecule has 3 amide bonds. The summed E-state index contributed by atoms with van der Waals surface area (Å²) in [5, 5.41) is 11.4. The van der Waals surface area contributed by atoms with E-state index in [1.165, 1.54) is 36.0 Å². The third kappa shape index (κ3) is 7.54. The van der Waals surface area contributed by atoms with Gasteiger partial charge in [-0.25, -0.2) is 4.39 Å². The van der Waals surface area contributed by atoms with Crippen molar-refractivity contribution in [3.05, 3.63) is 59.9 Å². The molecule has 0 bridgehead atoms. The third-order valence-corrected chi connectivity index (χ3v) is 5.69. The van der Waals surface area contributed by atoms with Crippen LogP contribution >= 0.6 is 11.8 Å². The summed E-state index contributed by atoms with van der Waals surface area (Å²) in [6, 6.07) is 12.5. The number of thioether (sulfide) groups is 1. The first-order chi connectivity index (χ1) is 15.4. The number of carbonyl (C=O) groups excluding carboxylic acids is 3. The molecule has 0 radical (unpaired) electrons. The average Bonchev–Trinajstić information content (AvgIpc) is 2.78. The van der Waals surface area contributed by atoms with Crippen molar-refractivity contribution in [3.63, 3.8) is 0 Å². The zero-order valence-corrected chi connectivity index (χ0v) is 18.3. The van der Waals surface area contributed by atoms with Gasteiger partial charge in [-0.05, 0) is 42.0 Å². The maximum Gasteiger partial charge on any atom is 0.234 e. The minimum absolute atomic E-state index is 0.0735. The number of methoxy groups -OCH3 is 1. The molecule has 2 atom stereocenters. The Kier molecular flexibility index (Phi) is 8.46. The van der Waals surface area contributed by atoms with Gasteiger partial charge in [0.15, 0.2) is 0 Å². The second-order valence-electron chi connectivity index (χ2n) is 7.21. The number of halogens is 1. The van der Waals surface area contributed by atoms with Crippen LogP contribution in [-0.4, -0.2) is 42.1 Å². The lowest BCUT2D eigenvalue weighted by Gasteiger charge is -2.30. The minimum Gasteiger partial charge on any atom is -0.497 e. The smallest absolute Gasteiger partial charge is 0.234 e. The molecule has 10 heteroatoms. The first-order valence-corrected chi connectivity index (χ1v) is 11.1. The van der Waals surface area contributed by atoms with E-state index in [9.17, 15) is 18.8 Å². The number of rotatable bonds is 9. The minimum atomic E-state index is -0.494. The molecule has 1 heterocycles. The molecule has 32 heavy (non-hydrogen) atoms. The van der Waals surface area contributed by atoms with Crippen LogP contribution in [0.2, 0.25) is 0 Å². The Morgan fingerprint density at radius 1 is 1.19 bits per heavy atom. The molecule has 2 aromatic carbocycles. The van der Waals surface area contributed by atoms with Gasteiger partial charge in [0.2, 0.25) is 17.7 Å². The van der Waals surface area contributed by atoms with Gasteiger partial charge >= 0.3 is 0 Å². The second kappa shape index (κ2) is 11.5. The second-order valence-corrected chi connectivity index (χ2v) is 8.31. The van der Waals surface area contributed by atoms with Crippen molar-refractivity contribution < 1.29 is 23.5 Å². The SMILES string of the molecule is COc1cccc(CNC(=O)CC2CC(=O)NC(SCC(=O)Nc3ccc(F)cc3)N2)c1. The van der Waals surface area contributed by atoms with E-state index in [1.807, 2.05) is 24.3 Å². The summed E-state index contributed by atoms with van der Waals surface area (Å²) < 4.78 is 18.1. The van der Waals surface area contributed by atoms with Gasteiger partial charge in [-0.2, -0.15) is 0 Å². The number of ether oxygens (including phenoxy) is 1. The van der Waals surface area contributed by atoms with Crippen molar-refractivity contribution in [3.8, 4) is 5.75 Å². The van der Waals surface area contributed by atoms with Gasteiger partial charge in [-0.3, -0.25) is 19.7 Å². The van der Waals surface area contributed by atoms with Crippen LogP contribution in [0.5, 0.6) is 5.75 Å².